The summed E-state index contributed by atoms with van der Waals surface area (Å²) in [5.41, 5.74) is 3.13. The number of hydrogen-bond acceptors (Lipinski definition) is 7. The first-order chi connectivity index (χ1) is 15.6. The highest BCUT2D eigenvalue weighted by Gasteiger charge is 2.27. The van der Waals surface area contributed by atoms with Gasteiger partial charge in [0.05, 0.1) is 33.2 Å². The van der Waals surface area contributed by atoms with Crippen molar-refractivity contribution in [3.63, 3.8) is 0 Å². The molecule has 1 atom stereocenters. The van der Waals surface area contributed by atoms with Gasteiger partial charge in [-0.2, -0.15) is 0 Å². The van der Waals surface area contributed by atoms with Crippen molar-refractivity contribution in [2.24, 2.45) is 0 Å². The number of hydrogen-bond donors (Lipinski definition) is 3. The Morgan fingerprint density at radius 3 is 2.50 bits per heavy atom. The molecule has 0 fully saturated rings. The minimum Gasteiger partial charge on any atom is -0.505 e. The molecule has 0 amide bonds. The molecular weight excluding hydrogens is 406 g/mol. The number of nitrogens with one attached hydrogen (secondary N) is 2. The number of pyridine rings is 1. The third-order valence-corrected chi connectivity index (χ3v) is 5.52. The lowest BCUT2D eigenvalue weighted by molar-refractivity contribution is 0.320. The first-order valence-electron chi connectivity index (χ1n) is 10.3. The predicted molar refractivity (Wildman–Crippen MR) is 124 cm³/mol. The molecule has 0 saturated heterocycles. The summed E-state index contributed by atoms with van der Waals surface area (Å²) in [6, 6.07) is 10.9. The molecule has 0 radical (unpaired) electrons. The normalized spacial score (nSPS) is 14.1. The highest BCUT2D eigenvalue weighted by molar-refractivity contribution is 5.85. The highest BCUT2D eigenvalue weighted by atomic mass is 16.5. The number of allylic oxidation sites excluding steroid dienone is 2. The van der Waals surface area contributed by atoms with Gasteiger partial charge in [-0.25, -0.2) is 0 Å². The van der Waals surface area contributed by atoms with Crippen molar-refractivity contribution < 1.29 is 19.3 Å². The number of aromatic nitrogens is 1. The molecule has 1 aromatic heterocycles. The van der Waals surface area contributed by atoms with Crippen LogP contribution in [0.1, 0.15) is 24.1 Å². The fourth-order valence-corrected chi connectivity index (χ4v) is 3.96. The summed E-state index contributed by atoms with van der Waals surface area (Å²) < 4.78 is 16.8. The van der Waals surface area contributed by atoms with Crippen molar-refractivity contribution in [3.05, 3.63) is 77.3 Å². The summed E-state index contributed by atoms with van der Waals surface area (Å²) >= 11 is 0. The molecule has 1 aliphatic heterocycles. The van der Waals surface area contributed by atoms with Gasteiger partial charge >= 0.3 is 0 Å². The van der Waals surface area contributed by atoms with Crippen molar-refractivity contribution >= 4 is 10.9 Å². The standard InChI is InChI=1S/C25H27N3O4/c1-15-11-13-26-20(14-15)28-22(17-8-7-16-6-5-12-27-21(16)23(17)29)18-9-10-19(30-2)25(32-4)24(18)31-3/h5-12,14,22,26,28-29H,13H2,1-4H3. The molecule has 0 aliphatic carbocycles. The smallest absolute Gasteiger partial charge is 0.203 e. The zero-order chi connectivity index (χ0) is 22.7. The van der Waals surface area contributed by atoms with Crippen LogP contribution in [0.25, 0.3) is 10.9 Å². The van der Waals surface area contributed by atoms with Crippen LogP contribution in [0.2, 0.25) is 0 Å². The number of dihydropyridines is 1. The van der Waals surface area contributed by atoms with E-state index in [1.54, 1.807) is 27.5 Å². The van der Waals surface area contributed by atoms with E-state index in [0.717, 1.165) is 22.3 Å². The minimum absolute atomic E-state index is 0.112. The van der Waals surface area contributed by atoms with Gasteiger partial charge in [-0.1, -0.05) is 24.3 Å². The van der Waals surface area contributed by atoms with E-state index in [0.29, 0.717) is 34.9 Å². The van der Waals surface area contributed by atoms with E-state index >= 15 is 0 Å². The molecular formula is C25H27N3O4. The molecule has 0 spiro atoms. The Balaban J connectivity index is 1.92. The van der Waals surface area contributed by atoms with Crippen LogP contribution in [0, 0.1) is 0 Å². The van der Waals surface area contributed by atoms with Gasteiger partial charge in [-0.05, 0) is 36.8 Å². The van der Waals surface area contributed by atoms with Gasteiger partial charge in [0.1, 0.15) is 11.3 Å². The molecule has 0 bridgehead atoms. The van der Waals surface area contributed by atoms with Crippen molar-refractivity contribution in [1.82, 2.24) is 15.6 Å². The van der Waals surface area contributed by atoms with Gasteiger partial charge in [0.15, 0.2) is 11.5 Å². The largest absolute Gasteiger partial charge is 0.505 e. The first-order valence-corrected chi connectivity index (χ1v) is 10.3. The lowest BCUT2D eigenvalue weighted by Gasteiger charge is -2.28. The predicted octanol–water partition coefficient (Wildman–Crippen LogP) is 4.04. The Morgan fingerprint density at radius 1 is 1.00 bits per heavy atom. The maximum absolute atomic E-state index is 11.2. The Labute approximate surface area is 187 Å². The molecule has 1 unspecified atom stereocenters. The first kappa shape index (κ1) is 21.4. The van der Waals surface area contributed by atoms with Crippen LogP contribution >= 0.6 is 0 Å². The van der Waals surface area contributed by atoms with E-state index in [9.17, 15) is 5.11 Å². The number of nitrogens with zero attached hydrogens (tertiary/aromatic N) is 1. The lowest BCUT2D eigenvalue weighted by Crippen LogP contribution is -2.32. The van der Waals surface area contributed by atoms with Gasteiger partial charge in [0.25, 0.3) is 0 Å². The third kappa shape index (κ3) is 3.89. The van der Waals surface area contributed by atoms with Crippen LogP contribution in [0.15, 0.2) is 66.1 Å². The Kier molecular flexibility index (Phi) is 6.07. The van der Waals surface area contributed by atoms with E-state index in [2.05, 4.69) is 21.7 Å². The molecule has 0 saturated carbocycles. The average molecular weight is 434 g/mol. The van der Waals surface area contributed by atoms with Crippen molar-refractivity contribution in [2.45, 2.75) is 13.0 Å². The van der Waals surface area contributed by atoms with Crippen LogP contribution in [0.3, 0.4) is 0 Å². The number of methoxy groups -OCH3 is 3. The molecule has 3 aromatic rings. The monoisotopic (exact) mass is 433 g/mol. The number of phenolic OH excluding ortho intramolecular Hbond substituents is 1. The highest BCUT2D eigenvalue weighted by Crippen LogP contribution is 2.45. The molecule has 1 aliphatic rings. The summed E-state index contributed by atoms with van der Waals surface area (Å²) in [5.74, 6) is 2.52. The zero-order valence-corrected chi connectivity index (χ0v) is 18.6. The summed E-state index contributed by atoms with van der Waals surface area (Å²) in [5, 5.41) is 18.9. The third-order valence-electron chi connectivity index (χ3n) is 5.52. The van der Waals surface area contributed by atoms with E-state index in [-0.39, 0.29) is 5.75 Å². The SMILES string of the molecule is COc1ccc(C(NC2=CC(C)=CCN2)c2ccc3cccnc3c2O)c(OC)c1OC. The molecule has 7 nitrogen and oxygen atoms in total. The number of ether oxygens (including phenoxy) is 3. The number of phenols is 1. The fourth-order valence-electron chi connectivity index (χ4n) is 3.96. The second kappa shape index (κ2) is 9.09. The summed E-state index contributed by atoms with van der Waals surface area (Å²) in [6.45, 7) is 2.76. The molecule has 166 valence electrons. The quantitative estimate of drug-likeness (QED) is 0.519. The average Bonchev–Trinajstić information content (AvgIpc) is 2.82. The van der Waals surface area contributed by atoms with E-state index in [4.69, 9.17) is 14.2 Å². The zero-order valence-electron chi connectivity index (χ0n) is 18.6. The number of benzene rings is 2. The fraction of sp³-hybridized carbons (Fsp3) is 0.240. The minimum atomic E-state index is -0.458. The summed E-state index contributed by atoms with van der Waals surface area (Å²) in [4.78, 5) is 4.39. The Hall–Kier alpha value is -3.87. The Morgan fingerprint density at radius 2 is 1.78 bits per heavy atom. The van der Waals surface area contributed by atoms with Crippen LogP contribution in [0.4, 0.5) is 0 Å². The maximum atomic E-state index is 11.2. The molecule has 4 rings (SSSR count). The van der Waals surface area contributed by atoms with Crippen molar-refractivity contribution in [1.29, 1.82) is 0 Å². The summed E-state index contributed by atoms with van der Waals surface area (Å²) in [6.07, 6.45) is 5.80. The van der Waals surface area contributed by atoms with E-state index < -0.39 is 6.04 Å². The van der Waals surface area contributed by atoms with E-state index in [1.807, 2.05) is 49.4 Å². The molecule has 2 heterocycles. The molecule has 3 N–H and O–H groups in total. The van der Waals surface area contributed by atoms with E-state index in [1.165, 1.54) is 0 Å². The van der Waals surface area contributed by atoms with Gasteiger partial charge in [-0.15, -0.1) is 0 Å². The van der Waals surface area contributed by atoms with Gasteiger partial charge in [0, 0.05) is 29.3 Å². The van der Waals surface area contributed by atoms with Crippen molar-refractivity contribution in [2.75, 3.05) is 27.9 Å². The van der Waals surface area contributed by atoms with Gasteiger partial charge < -0.3 is 30.0 Å². The van der Waals surface area contributed by atoms with Gasteiger partial charge in [0.2, 0.25) is 5.75 Å². The number of rotatable bonds is 7. The molecule has 2 aromatic carbocycles. The van der Waals surface area contributed by atoms with Gasteiger partial charge in [-0.3, -0.25) is 4.98 Å². The number of aromatic hydroxyl groups is 1. The van der Waals surface area contributed by atoms with Crippen molar-refractivity contribution in [3.8, 4) is 23.0 Å². The second-order valence-corrected chi connectivity index (χ2v) is 7.47. The van der Waals surface area contributed by atoms with Crippen LogP contribution < -0.4 is 24.8 Å². The van der Waals surface area contributed by atoms with Crippen LogP contribution in [-0.2, 0) is 0 Å². The number of fused-ring (bicyclic) bond motifs is 1. The Bertz CT molecular complexity index is 1200. The van der Waals surface area contributed by atoms with Crippen LogP contribution in [0.5, 0.6) is 23.0 Å². The lowest BCUT2D eigenvalue weighted by atomic mass is 9.94. The topological polar surface area (TPSA) is 84.9 Å². The maximum Gasteiger partial charge on any atom is 0.203 e. The molecule has 7 heteroatoms. The second-order valence-electron chi connectivity index (χ2n) is 7.47. The van der Waals surface area contributed by atoms with Crippen LogP contribution in [-0.4, -0.2) is 38.0 Å². The molecule has 32 heavy (non-hydrogen) atoms. The summed E-state index contributed by atoms with van der Waals surface area (Å²) in [7, 11) is 4.74.